The summed E-state index contributed by atoms with van der Waals surface area (Å²) in [4.78, 5) is 35.8. The lowest BCUT2D eigenvalue weighted by Crippen LogP contribution is -2.39. The lowest BCUT2D eigenvalue weighted by atomic mass is 10.0. The standard InChI is InChI=1S/C24H25N5O3/c1-15(30)28-10-8-18(9-11-28)29-23-19-12-20(17-5-7-22(32-3)26-14-17)25-13-16(19)4-6-21(23)27(2)24(29)31/h4-7,12-14,18H,8-11H2,1-3H3. The summed E-state index contributed by atoms with van der Waals surface area (Å²) >= 11 is 0. The minimum atomic E-state index is -0.0294. The van der Waals surface area contributed by atoms with Crippen LogP contribution in [0.1, 0.15) is 25.8 Å². The normalized spacial score (nSPS) is 14.9. The molecule has 0 N–H and O–H groups in total. The molecule has 3 aromatic heterocycles. The van der Waals surface area contributed by atoms with E-state index < -0.39 is 0 Å². The van der Waals surface area contributed by atoms with Crippen LogP contribution in [0, 0.1) is 0 Å². The van der Waals surface area contributed by atoms with Gasteiger partial charge in [-0.25, -0.2) is 9.78 Å². The maximum Gasteiger partial charge on any atom is 0.329 e. The van der Waals surface area contributed by atoms with Gasteiger partial charge >= 0.3 is 5.69 Å². The van der Waals surface area contributed by atoms with Crippen LogP contribution in [0.25, 0.3) is 33.1 Å². The Morgan fingerprint density at radius 3 is 2.53 bits per heavy atom. The Morgan fingerprint density at radius 1 is 1.09 bits per heavy atom. The Bertz CT molecular complexity index is 1380. The molecule has 32 heavy (non-hydrogen) atoms. The van der Waals surface area contributed by atoms with Crippen LogP contribution in [0.4, 0.5) is 0 Å². The molecule has 0 bridgehead atoms. The van der Waals surface area contributed by atoms with Crippen LogP contribution in [0.5, 0.6) is 5.88 Å². The lowest BCUT2D eigenvalue weighted by molar-refractivity contribution is -0.130. The number of rotatable bonds is 3. The number of hydrogen-bond acceptors (Lipinski definition) is 5. The van der Waals surface area contributed by atoms with Gasteiger partial charge in [-0.3, -0.25) is 18.9 Å². The van der Waals surface area contributed by atoms with Crippen LogP contribution in [-0.2, 0) is 11.8 Å². The van der Waals surface area contributed by atoms with E-state index in [9.17, 15) is 9.59 Å². The van der Waals surface area contributed by atoms with Crippen molar-refractivity contribution in [1.82, 2.24) is 24.0 Å². The van der Waals surface area contributed by atoms with E-state index >= 15 is 0 Å². The zero-order valence-electron chi connectivity index (χ0n) is 18.4. The zero-order valence-corrected chi connectivity index (χ0v) is 18.4. The third kappa shape index (κ3) is 3.23. The molecule has 5 rings (SSSR count). The summed E-state index contributed by atoms with van der Waals surface area (Å²) in [5.74, 6) is 0.633. The Labute approximate surface area is 185 Å². The second kappa shape index (κ2) is 7.78. The maximum atomic E-state index is 13.3. The molecule has 8 heteroatoms. The van der Waals surface area contributed by atoms with Crippen LogP contribution in [0.3, 0.4) is 0 Å². The molecular formula is C24H25N5O3. The minimum absolute atomic E-state index is 0.0294. The largest absolute Gasteiger partial charge is 0.481 e. The maximum absolute atomic E-state index is 13.3. The van der Waals surface area contributed by atoms with E-state index in [1.807, 2.05) is 53.0 Å². The van der Waals surface area contributed by atoms with Crippen molar-refractivity contribution < 1.29 is 9.53 Å². The summed E-state index contributed by atoms with van der Waals surface area (Å²) in [5, 5.41) is 1.96. The number of benzene rings is 1. The topological polar surface area (TPSA) is 82.2 Å². The summed E-state index contributed by atoms with van der Waals surface area (Å²) in [6, 6.07) is 9.80. The molecule has 0 aliphatic carbocycles. The van der Waals surface area contributed by atoms with Crippen molar-refractivity contribution in [2.24, 2.45) is 7.05 Å². The SMILES string of the molecule is COc1ccc(-c2cc3c(ccc4c3n(C3CCN(C(C)=O)CC3)c(=O)n4C)cn2)cn1. The zero-order chi connectivity index (χ0) is 22.4. The summed E-state index contributed by atoms with van der Waals surface area (Å²) in [6.45, 7) is 2.93. The number of aromatic nitrogens is 4. The van der Waals surface area contributed by atoms with E-state index in [4.69, 9.17) is 4.74 Å². The number of carbonyl (C=O) groups excluding carboxylic acids is 1. The number of ether oxygens (including phenoxy) is 1. The number of piperidine rings is 1. The predicted octanol–water partition coefficient (Wildman–Crippen LogP) is 3.14. The van der Waals surface area contributed by atoms with Crippen molar-refractivity contribution in [2.75, 3.05) is 20.2 Å². The second-order valence-corrected chi connectivity index (χ2v) is 8.26. The van der Waals surface area contributed by atoms with Crippen LogP contribution in [-0.4, -0.2) is 50.1 Å². The van der Waals surface area contributed by atoms with Crippen LogP contribution in [0.2, 0.25) is 0 Å². The molecular weight excluding hydrogens is 406 g/mol. The highest BCUT2D eigenvalue weighted by Crippen LogP contribution is 2.32. The van der Waals surface area contributed by atoms with E-state index in [0.29, 0.717) is 19.0 Å². The lowest BCUT2D eigenvalue weighted by Gasteiger charge is -2.32. The summed E-state index contributed by atoms with van der Waals surface area (Å²) in [5.41, 5.74) is 3.44. The Kier molecular flexibility index (Phi) is 4.92. The number of aryl methyl sites for hydroxylation is 1. The molecule has 0 unspecified atom stereocenters. The van der Waals surface area contributed by atoms with Crippen LogP contribution in [0.15, 0.2) is 47.5 Å². The summed E-state index contributed by atoms with van der Waals surface area (Å²) in [7, 11) is 3.40. The summed E-state index contributed by atoms with van der Waals surface area (Å²) < 4.78 is 8.79. The van der Waals surface area contributed by atoms with Gasteiger partial charge in [-0.15, -0.1) is 0 Å². The molecule has 1 amide bonds. The third-order valence-electron chi connectivity index (χ3n) is 6.46. The molecule has 1 fully saturated rings. The molecule has 1 saturated heterocycles. The smallest absolute Gasteiger partial charge is 0.329 e. The molecule has 1 aromatic carbocycles. The molecule has 8 nitrogen and oxygen atoms in total. The molecule has 0 atom stereocenters. The number of amides is 1. The van der Waals surface area contributed by atoms with E-state index in [1.165, 1.54) is 0 Å². The Balaban J connectivity index is 1.67. The number of nitrogens with zero attached hydrogens (tertiary/aromatic N) is 5. The highest BCUT2D eigenvalue weighted by Gasteiger charge is 2.26. The number of carbonyl (C=O) groups is 1. The monoisotopic (exact) mass is 431 g/mol. The molecule has 0 saturated carbocycles. The molecule has 164 valence electrons. The number of hydrogen-bond donors (Lipinski definition) is 0. The fourth-order valence-electron chi connectivity index (χ4n) is 4.66. The number of methoxy groups -OCH3 is 1. The molecule has 1 aliphatic heterocycles. The van der Waals surface area contributed by atoms with Gasteiger partial charge in [-0.2, -0.15) is 0 Å². The van der Waals surface area contributed by atoms with Gasteiger partial charge in [0.2, 0.25) is 11.8 Å². The van der Waals surface area contributed by atoms with Gasteiger partial charge in [0, 0.05) is 67.9 Å². The van der Waals surface area contributed by atoms with Crippen molar-refractivity contribution in [1.29, 1.82) is 0 Å². The molecule has 0 radical (unpaired) electrons. The van der Waals surface area contributed by atoms with E-state index in [2.05, 4.69) is 9.97 Å². The first-order valence-corrected chi connectivity index (χ1v) is 10.7. The molecule has 4 heterocycles. The van der Waals surface area contributed by atoms with E-state index in [1.54, 1.807) is 24.8 Å². The van der Waals surface area contributed by atoms with Gasteiger partial charge in [0.05, 0.1) is 23.8 Å². The Hall–Kier alpha value is -3.68. The van der Waals surface area contributed by atoms with Crippen molar-refractivity contribution in [3.05, 3.63) is 53.2 Å². The number of pyridine rings is 2. The fourth-order valence-corrected chi connectivity index (χ4v) is 4.66. The van der Waals surface area contributed by atoms with E-state index in [0.717, 1.165) is 45.9 Å². The molecule has 4 aromatic rings. The van der Waals surface area contributed by atoms with E-state index in [-0.39, 0.29) is 17.6 Å². The molecule has 0 spiro atoms. The van der Waals surface area contributed by atoms with Crippen molar-refractivity contribution in [3.63, 3.8) is 0 Å². The van der Waals surface area contributed by atoms with Crippen molar-refractivity contribution >= 4 is 27.7 Å². The minimum Gasteiger partial charge on any atom is -0.481 e. The average Bonchev–Trinajstić information content (AvgIpc) is 3.09. The Morgan fingerprint density at radius 2 is 1.88 bits per heavy atom. The van der Waals surface area contributed by atoms with Gasteiger partial charge in [-0.05, 0) is 31.0 Å². The van der Waals surface area contributed by atoms with Crippen molar-refractivity contribution in [3.8, 4) is 17.1 Å². The number of fused-ring (bicyclic) bond motifs is 3. The molecule has 1 aliphatic rings. The first-order valence-electron chi connectivity index (χ1n) is 10.7. The quantitative estimate of drug-likeness (QED) is 0.498. The van der Waals surface area contributed by atoms with Gasteiger partial charge in [0.1, 0.15) is 0 Å². The average molecular weight is 431 g/mol. The van der Waals surface area contributed by atoms with Crippen LogP contribution < -0.4 is 10.4 Å². The number of likely N-dealkylation sites (tertiary alicyclic amines) is 1. The highest BCUT2D eigenvalue weighted by molar-refractivity contribution is 6.05. The first kappa shape index (κ1) is 20.2. The predicted molar refractivity (Wildman–Crippen MR) is 123 cm³/mol. The van der Waals surface area contributed by atoms with Gasteiger partial charge in [0.15, 0.2) is 0 Å². The first-order chi connectivity index (χ1) is 15.5. The fraction of sp³-hybridized carbons (Fsp3) is 0.333. The van der Waals surface area contributed by atoms with Crippen molar-refractivity contribution in [2.45, 2.75) is 25.8 Å². The van der Waals surface area contributed by atoms with Crippen LogP contribution >= 0.6 is 0 Å². The third-order valence-corrected chi connectivity index (χ3v) is 6.46. The van der Waals surface area contributed by atoms with Gasteiger partial charge in [-0.1, -0.05) is 6.07 Å². The highest BCUT2D eigenvalue weighted by atomic mass is 16.5. The van der Waals surface area contributed by atoms with Gasteiger partial charge in [0.25, 0.3) is 0 Å². The van der Waals surface area contributed by atoms with Gasteiger partial charge < -0.3 is 9.64 Å². The summed E-state index contributed by atoms with van der Waals surface area (Å²) in [6.07, 6.45) is 5.10. The second-order valence-electron chi connectivity index (χ2n) is 8.26. The number of imidazole rings is 1.